The Hall–Kier alpha value is -1.16. The lowest BCUT2D eigenvalue weighted by atomic mass is 9.75. The zero-order valence-electron chi connectivity index (χ0n) is 15.8. The second-order valence-corrected chi connectivity index (χ2v) is 8.54. The molecule has 3 atom stereocenters. The van der Waals surface area contributed by atoms with Gasteiger partial charge in [0.05, 0.1) is 0 Å². The fourth-order valence-corrected chi connectivity index (χ4v) is 4.22. The maximum Gasteiger partial charge on any atom is 0.410 e. The van der Waals surface area contributed by atoms with E-state index in [2.05, 4.69) is 44.4 Å². The van der Waals surface area contributed by atoms with Crippen molar-refractivity contribution >= 4 is 17.9 Å². The van der Waals surface area contributed by atoms with Crippen molar-refractivity contribution in [2.75, 3.05) is 12.8 Å². The molecule has 1 heterocycles. The van der Waals surface area contributed by atoms with Crippen molar-refractivity contribution in [2.45, 2.75) is 69.9 Å². The largest absolute Gasteiger partial charge is 0.444 e. The molecule has 1 fully saturated rings. The van der Waals surface area contributed by atoms with Gasteiger partial charge in [-0.1, -0.05) is 25.5 Å². The molecule has 0 unspecified atom stereocenters. The number of benzene rings is 1. The summed E-state index contributed by atoms with van der Waals surface area (Å²) in [6.07, 6.45) is 4.00. The van der Waals surface area contributed by atoms with E-state index in [-0.39, 0.29) is 12.1 Å². The van der Waals surface area contributed by atoms with E-state index in [1.165, 1.54) is 10.5 Å². The Kier molecular flexibility index (Phi) is 6.24. The summed E-state index contributed by atoms with van der Waals surface area (Å²) in [5.41, 5.74) is 0.964. The first kappa shape index (κ1) is 19.2. The summed E-state index contributed by atoms with van der Waals surface area (Å²) in [6.45, 7) is 10.9. The first-order valence-corrected chi connectivity index (χ1v) is 10.1. The van der Waals surface area contributed by atoms with Crippen molar-refractivity contribution < 1.29 is 9.53 Å². The predicted molar refractivity (Wildman–Crippen MR) is 102 cm³/mol. The van der Waals surface area contributed by atoms with Gasteiger partial charge in [-0.2, -0.15) is 0 Å². The smallest absolute Gasteiger partial charge is 0.410 e. The van der Waals surface area contributed by atoms with Crippen LogP contribution in [0.5, 0.6) is 0 Å². The number of amides is 1. The summed E-state index contributed by atoms with van der Waals surface area (Å²) >= 11 is 1.78. The number of likely N-dealkylation sites (tertiary alicyclic amines) is 1. The van der Waals surface area contributed by atoms with Crippen LogP contribution in [-0.2, 0) is 4.74 Å². The van der Waals surface area contributed by atoms with Crippen LogP contribution in [0.2, 0.25) is 0 Å². The summed E-state index contributed by atoms with van der Waals surface area (Å²) in [5, 5.41) is 0. The molecule has 134 valence electrons. The van der Waals surface area contributed by atoms with Crippen LogP contribution in [0.3, 0.4) is 0 Å². The summed E-state index contributed by atoms with van der Waals surface area (Å²) in [5.74, 6) is 0.971. The lowest BCUT2D eigenvalue weighted by molar-refractivity contribution is -0.000833. The van der Waals surface area contributed by atoms with Crippen molar-refractivity contribution in [3.05, 3.63) is 29.8 Å². The highest BCUT2D eigenvalue weighted by atomic mass is 32.2. The molecular weight excluding hydrogens is 318 g/mol. The SMILES string of the molecule is CC[C@@H]1[C@@H](C)N(C(=O)OC(C)(C)C)CC[C@H]1c1cccc(SC)c1. The monoisotopic (exact) mass is 349 g/mol. The summed E-state index contributed by atoms with van der Waals surface area (Å²) in [6, 6.07) is 9.06. The molecule has 4 heteroatoms. The molecule has 3 nitrogen and oxygen atoms in total. The van der Waals surface area contributed by atoms with E-state index >= 15 is 0 Å². The lowest BCUT2D eigenvalue weighted by Gasteiger charge is -2.44. The van der Waals surface area contributed by atoms with Gasteiger partial charge >= 0.3 is 6.09 Å². The number of rotatable bonds is 3. The third kappa shape index (κ3) is 4.47. The van der Waals surface area contributed by atoms with E-state index in [4.69, 9.17) is 4.74 Å². The summed E-state index contributed by atoms with van der Waals surface area (Å²) < 4.78 is 5.60. The molecule has 1 aromatic rings. The van der Waals surface area contributed by atoms with Gasteiger partial charge in [-0.05, 0) is 69.9 Å². The van der Waals surface area contributed by atoms with Crippen LogP contribution in [0.15, 0.2) is 29.2 Å². The van der Waals surface area contributed by atoms with Crippen LogP contribution >= 0.6 is 11.8 Å². The number of nitrogens with zero attached hydrogens (tertiary/aromatic N) is 1. The van der Waals surface area contributed by atoms with E-state index in [1.54, 1.807) is 11.8 Å². The fraction of sp³-hybridized carbons (Fsp3) is 0.650. The van der Waals surface area contributed by atoms with Gasteiger partial charge in [-0.15, -0.1) is 11.8 Å². The Morgan fingerprint density at radius 3 is 2.67 bits per heavy atom. The van der Waals surface area contributed by atoms with E-state index in [0.717, 1.165) is 19.4 Å². The van der Waals surface area contributed by atoms with Crippen molar-refractivity contribution in [3.8, 4) is 0 Å². The quantitative estimate of drug-likeness (QED) is 0.670. The van der Waals surface area contributed by atoms with Gasteiger partial charge in [0.25, 0.3) is 0 Å². The van der Waals surface area contributed by atoms with Gasteiger partial charge in [0, 0.05) is 17.5 Å². The third-order valence-electron chi connectivity index (χ3n) is 4.93. The van der Waals surface area contributed by atoms with Gasteiger partial charge in [0.1, 0.15) is 5.60 Å². The van der Waals surface area contributed by atoms with Gasteiger partial charge in [-0.25, -0.2) is 4.79 Å². The number of hydrogen-bond acceptors (Lipinski definition) is 3. The van der Waals surface area contributed by atoms with E-state index in [0.29, 0.717) is 11.8 Å². The normalized spacial score (nSPS) is 24.8. The highest BCUT2D eigenvalue weighted by molar-refractivity contribution is 7.98. The molecule has 1 saturated heterocycles. The van der Waals surface area contributed by atoms with Crippen molar-refractivity contribution in [1.29, 1.82) is 0 Å². The molecule has 0 aliphatic carbocycles. The van der Waals surface area contributed by atoms with Crippen LogP contribution in [-0.4, -0.2) is 35.4 Å². The molecule has 1 aliphatic heterocycles. The van der Waals surface area contributed by atoms with Crippen LogP contribution in [0.25, 0.3) is 0 Å². The highest BCUT2D eigenvalue weighted by Crippen LogP contribution is 2.40. The molecule has 0 N–H and O–H groups in total. The van der Waals surface area contributed by atoms with Crippen LogP contribution < -0.4 is 0 Å². The molecule has 1 aromatic carbocycles. The minimum atomic E-state index is -0.442. The molecule has 0 spiro atoms. The standard InChI is InChI=1S/C20H31NO2S/c1-7-17-14(2)21(19(22)23-20(3,4)5)12-11-18(17)15-9-8-10-16(13-15)24-6/h8-10,13-14,17-18H,7,11-12H2,1-6H3/t14-,17-,18+/m1/s1. The minimum absolute atomic E-state index is 0.176. The first-order valence-electron chi connectivity index (χ1n) is 8.90. The van der Waals surface area contributed by atoms with E-state index in [9.17, 15) is 4.79 Å². The number of thioether (sulfide) groups is 1. The Balaban J connectivity index is 2.18. The average Bonchev–Trinajstić information content (AvgIpc) is 2.52. The zero-order valence-corrected chi connectivity index (χ0v) is 16.7. The first-order chi connectivity index (χ1) is 11.3. The predicted octanol–water partition coefficient (Wildman–Crippen LogP) is 5.55. The number of carbonyl (C=O) groups is 1. The lowest BCUT2D eigenvalue weighted by Crippen LogP contribution is -2.50. The third-order valence-corrected chi connectivity index (χ3v) is 5.66. The van der Waals surface area contributed by atoms with Crippen LogP contribution in [0.1, 0.15) is 58.9 Å². The molecule has 0 aromatic heterocycles. The maximum absolute atomic E-state index is 12.5. The van der Waals surface area contributed by atoms with Crippen molar-refractivity contribution in [1.82, 2.24) is 4.90 Å². The molecule has 24 heavy (non-hydrogen) atoms. The van der Waals surface area contributed by atoms with Crippen LogP contribution in [0, 0.1) is 5.92 Å². The van der Waals surface area contributed by atoms with Crippen molar-refractivity contribution in [3.63, 3.8) is 0 Å². The van der Waals surface area contributed by atoms with Gasteiger partial charge in [0.2, 0.25) is 0 Å². The number of ether oxygens (including phenoxy) is 1. The zero-order chi connectivity index (χ0) is 17.9. The number of carbonyl (C=O) groups excluding carboxylic acids is 1. The van der Waals surface area contributed by atoms with Gasteiger partial charge in [-0.3, -0.25) is 0 Å². The minimum Gasteiger partial charge on any atom is -0.444 e. The average molecular weight is 350 g/mol. The maximum atomic E-state index is 12.5. The van der Waals surface area contributed by atoms with Gasteiger partial charge < -0.3 is 9.64 Å². The highest BCUT2D eigenvalue weighted by Gasteiger charge is 2.38. The molecular formula is C20H31NO2S. The molecule has 0 radical (unpaired) electrons. The molecule has 1 amide bonds. The molecule has 0 bridgehead atoms. The van der Waals surface area contributed by atoms with Crippen LogP contribution in [0.4, 0.5) is 4.79 Å². The van der Waals surface area contributed by atoms with E-state index in [1.807, 2.05) is 25.7 Å². The molecule has 2 rings (SSSR count). The summed E-state index contributed by atoms with van der Waals surface area (Å²) in [7, 11) is 0. The number of piperidine rings is 1. The summed E-state index contributed by atoms with van der Waals surface area (Å²) in [4.78, 5) is 15.8. The Bertz CT molecular complexity index is 567. The number of hydrogen-bond donors (Lipinski definition) is 0. The Labute approximate surface area is 151 Å². The Morgan fingerprint density at radius 1 is 1.38 bits per heavy atom. The van der Waals surface area contributed by atoms with Gasteiger partial charge in [0.15, 0.2) is 0 Å². The topological polar surface area (TPSA) is 29.5 Å². The second kappa shape index (κ2) is 7.81. The van der Waals surface area contributed by atoms with Crippen molar-refractivity contribution in [2.24, 2.45) is 5.92 Å². The Morgan fingerprint density at radius 2 is 2.08 bits per heavy atom. The molecule has 1 aliphatic rings. The fourth-order valence-electron chi connectivity index (χ4n) is 3.75. The molecule has 0 saturated carbocycles. The van der Waals surface area contributed by atoms with E-state index < -0.39 is 5.60 Å². The second-order valence-electron chi connectivity index (χ2n) is 7.66.